The van der Waals surface area contributed by atoms with E-state index in [4.69, 9.17) is 11.6 Å². The van der Waals surface area contributed by atoms with Crippen LogP contribution in [0.3, 0.4) is 0 Å². The maximum absolute atomic E-state index is 12.2. The molecule has 0 saturated heterocycles. The molecule has 0 spiro atoms. The second-order valence-electron chi connectivity index (χ2n) is 4.94. The topological polar surface area (TPSA) is 72.2 Å². The second kappa shape index (κ2) is 7.04. The minimum absolute atomic E-state index is 0.00895. The van der Waals surface area contributed by atoms with Gasteiger partial charge in [0.15, 0.2) is 0 Å². The van der Waals surface area contributed by atoms with E-state index in [0.717, 1.165) is 5.56 Å². The number of nitrogens with zero attached hydrogens (tertiary/aromatic N) is 1. The molecular formula is C16H15ClN2O3. The fraction of sp³-hybridized carbons (Fsp3) is 0.188. The van der Waals surface area contributed by atoms with E-state index in [2.05, 4.69) is 5.32 Å². The molecule has 1 N–H and O–H groups in total. The zero-order valence-electron chi connectivity index (χ0n) is 12.0. The largest absolute Gasteiger partial charge is 0.351 e. The first-order valence-corrected chi connectivity index (χ1v) is 7.14. The lowest BCUT2D eigenvalue weighted by atomic mass is 10.0. The Kier molecular flexibility index (Phi) is 5.12. The zero-order valence-corrected chi connectivity index (χ0v) is 12.7. The van der Waals surface area contributed by atoms with Gasteiger partial charge in [0.2, 0.25) is 0 Å². The summed E-state index contributed by atoms with van der Waals surface area (Å²) in [6, 6.07) is 13.7. The summed E-state index contributed by atoms with van der Waals surface area (Å²) in [5, 5.41) is 14.0. The Bertz CT molecular complexity index is 689. The van der Waals surface area contributed by atoms with E-state index in [1.807, 2.05) is 37.3 Å². The summed E-state index contributed by atoms with van der Waals surface area (Å²) in [6.45, 7) is 2.37. The van der Waals surface area contributed by atoms with E-state index in [0.29, 0.717) is 6.54 Å². The van der Waals surface area contributed by atoms with Crippen molar-refractivity contribution in [2.45, 2.75) is 12.8 Å². The Labute approximate surface area is 133 Å². The van der Waals surface area contributed by atoms with Crippen molar-refractivity contribution in [1.82, 2.24) is 5.32 Å². The van der Waals surface area contributed by atoms with Crippen LogP contribution in [0.1, 0.15) is 28.8 Å². The van der Waals surface area contributed by atoms with Crippen LogP contribution in [0.4, 0.5) is 5.69 Å². The maximum Gasteiger partial charge on any atom is 0.283 e. The molecule has 0 unspecified atom stereocenters. The highest BCUT2D eigenvalue weighted by Crippen LogP contribution is 2.23. The van der Waals surface area contributed by atoms with Gasteiger partial charge < -0.3 is 5.32 Å². The molecule has 0 fully saturated rings. The molecule has 2 aromatic rings. The molecule has 1 atom stereocenters. The Morgan fingerprint density at radius 2 is 1.95 bits per heavy atom. The molecule has 1 amide bonds. The lowest BCUT2D eigenvalue weighted by Crippen LogP contribution is -2.28. The number of halogens is 1. The van der Waals surface area contributed by atoms with E-state index in [1.54, 1.807) is 0 Å². The number of hydrogen-bond acceptors (Lipinski definition) is 3. The van der Waals surface area contributed by atoms with Gasteiger partial charge in [0, 0.05) is 17.6 Å². The molecule has 5 nitrogen and oxygen atoms in total. The van der Waals surface area contributed by atoms with Gasteiger partial charge in [0.25, 0.3) is 11.6 Å². The summed E-state index contributed by atoms with van der Waals surface area (Å²) in [6.07, 6.45) is 0. The van der Waals surface area contributed by atoms with Crippen molar-refractivity contribution in [1.29, 1.82) is 0 Å². The van der Waals surface area contributed by atoms with Crippen LogP contribution in [0, 0.1) is 10.1 Å². The van der Waals surface area contributed by atoms with E-state index in [9.17, 15) is 14.9 Å². The molecule has 2 aromatic carbocycles. The van der Waals surface area contributed by atoms with Gasteiger partial charge in [-0.05, 0) is 23.6 Å². The van der Waals surface area contributed by atoms with Crippen LogP contribution in [0.2, 0.25) is 5.02 Å². The van der Waals surface area contributed by atoms with E-state index in [1.165, 1.54) is 18.2 Å². The quantitative estimate of drug-likeness (QED) is 0.673. The van der Waals surface area contributed by atoms with Crippen molar-refractivity contribution < 1.29 is 9.72 Å². The monoisotopic (exact) mass is 318 g/mol. The van der Waals surface area contributed by atoms with Crippen molar-refractivity contribution >= 4 is 23.2 Å². The highest BCUT2D eigenvalue weighted by Gasteiger charge is 2.20. The fourth-order valence-electron chi connectivity index (χ4n) is 2.09. The first kappa shape index (κ1) is 16.0. The Morgan fingerprint density at radius 3 is 2.59 bits per heavy atom. The molecule has 6 heteroatoms. The molecule has 0 aliphatic rings. The van der Waals surface area contributed by atoms with Crippen LogP contribution in [0.5, 0.6) is 0 Å². The van der Waals surface area contributed by atoms with Gasteiger partial charge in [0.05, 0.1) is 4.92 Å². The van der Waals surface area contributed by atoms with E-state index >= 15 is 0 Å². The molecule has 0 aromatic heterocycles. The standard InChI is InChI=1S/C16H15ClN2O3/c1-11(12-5-3-2-4-6-12)10-18-16(20)14-8-7-13(17)9-15(14)19(21)22/h2-9,11H,10H2,1H3,(H,18,20)/t11-/m0/s1. The molecule has 114 valence electrons. The number of amides is 1. The molecule has 0 radical (unpaired) electrons. The van der Waals surface area contributed by atoms with Crippen LogP contribution in [0.15, 0.2) is 48.5 Å². The summed E-state index contributed by atoms with van der Waals surface area (Å²) >= 11 is 5.74. The molecule has 0 aliphatic heterocycles. The van der Waals surface area contributed by atoms with Crippen LogP contribution in [0.25, 0.3) is 0 Å². The van der Waals surface area contributed by atoms with Crippen LogP contribution >= 0.6 is 11.6 Å². The van der Waals surface area contributed by atoms with Gasteiger partial charge >= 0.3 is 0 Å². The Hall–Kier alpha value is -2.40. The number of rotatable bonds is 5. The fourth-order valence-corrected chi connectivity index (χ4v) is 2.25. The minimum Gasteiger partial charge on any atom is -0.351 e. The molecule has 22 heavy (non-hydrogen) atoms. The zero-order chi connectivity index (χ0) is 16.1. The first-order chi connectivity index (χ1) is 10.5. The number of carbonyl (C=O) groups excluding carboxylic acids is 1. The number of benzene rings is 2. The van der Waals surface area contributed by atoms with Gasteiger partial charge in [-0.1, -0.05) is 48.9 Å². The summed E-state index contributed by atoms with van der Waals surface area (Å²) < 4.78 is 0. The van der Waals surface area contributed by atoms with Crippen LogP contribution in [-0.4, -0.2) is 17.4 Å². The van der Waals surface area contributed by atoms with Crippen molar-refractivity contribution in [3.8, 4) is 0 Å². The third-order valence-corrected chi connectivity index (χ3v) is 3.57. The average molecular weight is 319 g/mol. The number of nitro benzene ring substituents is 1. The smallest absolute Gasteiger partial charge is 0.283 e. The summed E-state index contributed by atoms with van der Waals surface area (Å²) in [7, 11) is 0. The molecule has 0 bridgehead atoms. The average Bonchev–Trinajstić information content (AvgIpc) is 2.53. The van der Waals surface area contributed by atoms with E-state index in [-0.39, 0.29) is 22.2 Å². The molecule has 2 rings (SSSR count). The van der Waals surface area contributed by atoms with Crippen molar-refractivity contribution in [2.75, 3.05) is 6.54 Å². The highest BCUT2D eigenvalue weighted by molar-refractivity contribution is 6.31. The summed E-state index contributed by atoms with van der Waals surface area (Å²) in [5.41, 5.74) is 0.806. The Balaban J connectivity index is 2.08. The highest BCUT2D eigenvalue weighted by atomic mass is 35.5. The maximum atomic E-state index is 12.2. The number of nitro groups is 1. The normalized spacial score (nSPS) is 11.7. The minimum atomic E-state index is -0.610. The van der Waals surface area contributed by atoms with Crippen LogP contribution in [-0.2, 0) is 0 Å². The lowest BCUT2D eigenvalue weighted by molar-refractivity contribution is -0.385. The van der Waals surface area contributed by atoms with Gasteiger partial charge in [-0.3, -0.25) is 14.9 Å². The molecule has 0 aliphatic carbocycles. The number of nitrogens with one attached hydrogen (secondary N) is 1. The van der Waals surface area contributed by atoms with Crippen molar-refractivity contribution in [2.24, 2.45) is 0 Å². The third-order valence-electron chi connectivity index (χ3n) is 3.34. The first-order valence-electron chi connectivity index (χ1n) is 6.76. The summed E-state index contributed by atoms with van der Waals surface area (Å²) in [4.78, 5) is 22.6. The second-order valence-corrected chi connectivity index (χ2v) is 5.38. The van der Waals surface area contributed by atoms with Crippen LogP contribution < -0.4 is 5.32 Å². The number of hydrogen-bond donors (Lipinski definition) is 1. The number of carbonyl (C=O) groups is 1. The molecule has 0 saturated carbocycles. The predicted molar refractivity (Wildman–Crippen MR) is 85.3 cm³/mol. The predicted octanol–water partition coefficient (Wildman–Crippen LogP) is 3.78. The Morgan fingerprint density at radius 1 is 1.27 bits per heavy atom. The lowest BCUT2D eigenvalue weighted by Gasteiger charge is -2.13. The van der Waals surface area contributed by atoms with Gasteiger partial charge in [-0.25, -0.2) is 0 Å². The van der Waals surface area contributed by atoms with Crippen molar-refractivity contribution in [3.63, 3.8) is 0 Å². The molecular weight excluding hydrogens is 304 g/mol. The molecule has 0 heterocycles. The third kappa shape index (κ3) is 3.83. The van der Waals surface area contributed by atoms with Gasteiger partial charge in [-0.15, -0.1) is 0 Å². The van der Waals surface area contributed by atoms with Gasteiger partial charge in [0.1, 0.15) is 5.56 Å². The SMILES string of the molecule is C[C@@H](CNC(=O)c1ccc(Cl)cc1[N+](=O)[O-])c1ccccc1. The van der Waals surface area contributed by atoms with E-state index < -0.39 is 10.8 Å². The summed E-state index contributed by atoms with van der Waals surface area (Å²) in [5.74, 6) is -0.373. The van der Waals surface area contributed by atoms with Crippen molar-refractivity contribution in [3.05, 3.63) is 74.8 Å². The van der Waals surface area contributed by atoms with Gasteiger partial charge in [-0.2, -0.15) is 0 Å².